The molecule has 0 bridgehead atoms. The van der Waals surface area contributed by atoms with Crippen molar-refractivity contribution in [2.45, 2.75) is 217 Å². The van der Waals surface area contributed by atoms with E-state index in [1.165, 1.54) is 64.2 Å². The number of aliphatic hydroxyl groups excluding tert-OH is 1. The van der Waals surface area contributed by atoms with Gasteiger partial charge in [-0.1, -0.05) is 120 Å². The summed E-state index contributed by atoms with van der Waals surface area (Å²) in [5.41, 5.74) is 13.5. The number of carboxylic acids is 2. The van der Waals surface area contributed by atoms with Gasteiger partial charge in [-0.3, -0.25) is 38.4 Å². The first-order valence-corrected chi connectivity index (χ1v) is 33.3. The van der Waals surface area contributed by atoms with Crippen LogP contribution in [0, 0.1) is 18.8 Å². The first-order chi connectivity index (χ1) is 43.4. The number of ketones is 1. The van der Waals surface area contributed by atoms with Crippen LogP contribution in [0.25, 0.3) is 0 Å². The number of nitrogens with one attached hydrogen (secondary N) is 7. The number of hydrogen-bond acceptors (Lipinski definition) is 17. The number of ether oxygens (including phenoxy) is 4. The third-order valence-electron chi connectivity index (χ3n) is 15.9. The SMILES string of the molecule is Cc1ccc(C[C@H](NCCC(=O)[C@H](CCCCNC(=O)COCCOCCNC(=O)COCCOCCNC(=O)[C@H](NC(=O)C2CCC(CNC(=O)CCCCCCCCCCCCCCCCCCC(=O)O)CC2)C(=O)O)NCC(O)[C@H](C)N)C(N)=O)cc1. The maximum Gasteiger partial charge on any atom is 0.336 e. The molecule has 25 nitrogen and oxygen atoms in total. The van der Waals surface area contributed by atoms with Crippen LogP contribution in [0.4, 0.5) is 0 Å². The minimum absolute atomic E-state index is 0.0206. The third kappa shape index (κ3) is 42.4. The minimum atomic E-state index is -1.77. The summed E-state index contributed by atoms with van der Waals surface area (Å²) < 4.78 is 21.6. The number of Topliss-reactive ketones (excluding diaryl/α,β-unsaturated/α-hetero) is 1. The average molecular weight is 1280 g/mol. The van der Waals surface area contributed by atoms with E-state index in [0.29, 0.717) is 70.9 Å². The zero-order valence-electron chi connectivity index (χ0n) is 54.1. The van der Waals surface area contributed by atoms with Crippen molar-refractivity contribution >= 4 is 53.2 Å². The number of aryl methyl sites for hydroxylation is 1. The Kier molecular flexibility index (Phi) is 46.4. The van der Waals surface area contributed by atoms with Crippen LogP contribution in [-0.2, 0) is 68.5 Å². The maximum absolute atomic E-state index is 13.2. The second kappa shape index (κ2) is 51.9. The van der Waals surface area contributed by atoms with Gasteiger partial charge in [0.2, 0.25) is 35.6 Å². The van der Waals surface area contributed by atoms with Gasteiger partial charge in [0.1, 0.15) is 13.2 Å². The van der Waals surface area contributed by atoms with Crippen molar-refractivity contribution in [1.29, 1.82) is 0 Å². The number of aliphatic hydroxyl groups is 1. The Balaban J connectivity index is 1.43. The fourth-order valence-corrected chi connectivity index (χ4v) is 10.3. The van der Waals surface area contributed by atoms with E-state index in [1.807, 2.05) is 31.2 Å². The van der Waals surface area contributed by atoms with Gasteiger partial charge in [-0.2, -0.15) is 0 Å². The predicted octanol–water partition coefficient (Wildman–Crippen LogP) is 3.79. The summed E-state index contributed by atoms with van der Waals surface area (Å²) in [4.78, 5) is 111. The standard InChI is InChI=1S/C65H113N9O16/c1-48-24-26-50(27-25-48)43-54(62(67)82)68-34-32-55(75)53(72-45-56(76)49(2)66)21-19-20-33-69-58(78)46-89-41-39-87-37-35-70-59(79)47-90-42-40-88-38-36-71-64(84)61(65(85)86)74-63(83)52-30-28-51(29-31-52)44-73-57(77)22-17-15-13-11-9-7-5-3-4-6-8-10-12-14-16-18-23-60(80)81/h24-27,49,51-54,56,61,68,72,76H,3-23,28-47,66H2,1-2H3,(H2,67,82)(H,69,78)(H,70,79)(H,71,84)(H,73,77)(H,74,83)(H,80,81)(H,85,86)/t49-,51?,52?,53-,54-,56?,61-/m0/s1. The fraction of sp³-hybridized carbons (Fsp3) is 0.769. The van der Waals surface area contributed by atoms with Crippen molar-refractivity contribution in [2.24, 2.45) is 23.3 Å². The van der Waals surface area contributed by atoms with Gasteiger partial charge < -0.3 is 83.0 Å². The summed E-state index contributed by atoms with van der Waals surface area (Å²) >= 11 is 0. The second-order valence-corrected chi connectivity index (χ2v) is 23.9. The number of carbonyl (C=O) groups is 9. The zero-order chi connectivity index (χ0) is 66.0. The molecule has 1 saturated carbocycles. The first kappa shape index (κ1) is 80.4. The van der Waals surface area contributed by atoms with Crippen molar-refractivity contribution in [3.05, 3.63) is 35.4 Å². The van der Waals surface area contributed by atoms with Crippen LogP contribution in [0.5, 0.6) is 0 Å². The summed E-state index contributed by atoms with van der Waals surface area (Å²) in [5, 5.41) is 48.2. The predicted molar refractivity (Wildman–Crippen MR) is 342 cm³/mol. The smallest absolute Gasteiger partial charge is 0.336 e. The number of rotatable bonds is 58. The van der Waals surface area contributed by atoms with Crippen molar-refractivity contribution in [1.82, 2.24) is 37.2 Å². The fourth-order valence-electron chi connectivity index (χ4n) is 10.3. The molecule has 1 aromatic carbocycles. The molecule has 0 saturated heterocycles. The Bertz CT molecular complexity index is 2170. The Hall–Kier alpha value is -5.67. The van der Waals surface area contributed by atoms with Gasteiger partial charge in [0.15, 0.2) is 5.78 Å². The molecule has 6 amide bonds. The van der Waals surface area contributed by atoms with E-state index in [9.17, 15) is 53.4 Å². The summed E-state index contributed by atoms with van der Waals surface area (Å²) in [6, 6.07) is 4.33. The molecular formula is C65H113N9O16. The molecule has 90 heavy (non-hydrogen) atoms. The number of hydrogen-bond donors (Lipinski definition) is 12. The van der Waals surface area contributed by atoms with Crippen LogP contribution < -0.4 is 48.7 Å². The Labute approximate surface area is 534 Å². The van der Waals surface area contributed by atoms with Crippen LogP contribution in [-0.4, -0.2) is 191 Å². The topological polar surface area (TPSA) is 387 Å². The number of nitrogens with two attached hydrogens (primary N) is 2. The van der Waals surface area contributed by atoms with E-state index in [-0.39, 0.29) is 121 Å². The number of benzene rings is 1. The number of unbranched alkanes of at least 4 members (excludes halogenated alkanes) is 16. The zero-order valence-corrected chi connectivity index (χ0v) is 54.1. The van der Waals surface area contributed by atoms with Crippen LogP contribution in [0.15, 0.2) is 24.3 Å². The van der Waals surface area contributed by atoms with Crippen LogP contribution in [0.1, 0.15) is 185 Å². The van der Waals surface area contributed by atoms with Crippen molar-refractivity contribution in [3.63, 3.8) is 0 Å². The minimum Gasteiger partial charge on any atom is -0.481 e. The van der Waals surface area contributed by atoms with Crippen molar-refractivity contribution < 1.29 is 77.4 Å². The highest BCUT2D eigenvalue weighted by Crippen LogP contribution is 2.29. The van der Waals surface area contributed by atoms with Crippen molar-refractivity contribution in [3.8, 4) is 0 Å². The van der Waals surface area contributed by atoms with Crippen LogP contribution in [0.2, 0.25) is 0 Å². The molecule has 1 aliphatic rings. The van der Waals surface area contributed by atoms with E-state index in [2.05, 4.69) is 37.2 Å². The normalized spacial score (nSPS) is 15.6. The Morgan fingerprint density at radius 1 is 0.556 bits per heavy atom. The van der Waals surface area contributed by atoms with Gasteiger partial charge >= 0.3 is 11.9 Å². The summed E-state index contributed by atoms with van der Waals surface area (Å²) in [6.07, 6.45) is 23.1. The lowest BCUT2D eigenvalue weighted by molar-refractivity contribution is -0.147. The van der Waals surface area contributed by atoms with Gasteiger partial charge in [-0.05, 0) is 89.5 Å². The van der Waals surface area contributed by atoms with Gasteiger partial charge in [0, 0.05) is 70.5 Å². The molecule has 2 rings (SSSR count). The molecule has 25 heteroatoms. The molecule has 1 aromatic rings. The highest BCUT2D eigenvalue weighted by Gasteiger charge is 2.33. The van der Waals surface area contributed by atoms with E-state index in [1.54, 1.807) is 6.92 Å². The van der Waals surface area contributed by atoms with Crippen LogP contribution in [0.3, 0.4) is 0 Å². The van der Waals surface area contributed by atoms with E-state index in [0.717, 1.165) is 49.7 Å². The molecule has 0 aliphatic heterocycles. The summed E-state index contributed by atoms with van der Waals surface area (Å²) in [5.74, 6) is -5.02. The molecular weight excluding hydrogens is 1160 g/mol. The molecule has 0 spiro atoms. The lowest BCUT2D eigenvalue weighted by Gasteiger charge is -2.28. The van der Waals surface area contributed by atoms with Crippen LogP contribution >= 0.6 is 0 Å². The van der Waals surface area contributed by atoms with Gasteiger partial charge in [-0.15, -0.1) is 0 Å². The largest absolute Gasteiger partial charge is 0.481 e. The summed E-state index contributed by atoms with van der Waals surface area (Å²) in [7, 11) is 0. The van der Waals surface area contributed by atoms with Gasteiger partial charge in [-0.25, -0.2) is 4.79 Å². The monoisotopic (exact) mass is 1280 g/mol. The highest BCUT2D eigenvalue weighted by atomic mass is 16.5. The molecule has 5 atom stereocenters. The second-order valence-electron chi connectivity index (χ2n) is 23.9. The number of primary amides is 1. The molecule has 0 aromatic heterocycles. The third-order valence-corrected chi connectivity index (χ3v) is 15.9. The number of carbonyl (C=O) groups excluding carboxylic acids is 7. The molecule has 514 valence electrons. The number of carboxylic acid groups (broad SMARTS) is 2. The number of amides is 6. The average Bonchev–Trinajstić information content (AvgIpc) is 2.16. The van der Waals surface area contributed by atoms with E-state index >= 15 is 0 Å². The molecule has 0 radical (unpaired) electrons. The maximum atomic E-state index is 13.2. The molecule has 1 fully saturated rings. The Morgan fingerprint density at radius 3 is 1.59 bits per heavy atom. The lowest BCUT2D eigenvalue weighted by Crippen LogP contribution is -2.53. The van der Waals surface area contributed by atoms with E-state index in [4.69, 9.17) is 35.5 Å². The van der Waals surface area contributed by atoms with Gasteiger partial charge in [0.05, 0.1) is 57.8 Å². The number of aliphatic carboxylic acids is 2. The van der Waals surface area contributed by atoms with Crippen molar-refractivity contribution in [2.75, 3.05) is 92.1 Å². The van der Waals surface area contributed by atoms with E-state index < -0.39 is 65.8 Å². The molecule has 14 N–H and O–H groups in total. The molecule has 1 aliphatic carbocycles. The lowest BCUT2D eigenvalue weighted by atomic mass is 9.81. The quantitative estimate of drug-likeness (QED) is 0.0326. The molecule has 1 unspecified atom stereocenters. The first-order valence-electron chi connectivity index (χ1n) is 33.3. The van der Waals surface area contributed by atoms with Gasteiger partial charge in [0.25, 0.3) is 5.91 Å². The highest BCUT2D eigenvalue weighted by molar-refractivity contribution is 6.04. The summed E-state index contributed by atoms with van der Waals surface area (Å²) in [6.45, 7) is 5.45. The molecule has 0 heterocycles. The Morgan fingerprint density at radius 2 is 1.07 bits per heavy atom.